The van der Waals surface area contributed by atoms with E-state index in [0.717, 1.165) is 32.1 Å². The molecule has 0 amide bonds. The molecule has 3 nitrogen and oxygen atoms in total. The summed E-state index contributed by atoms with van der Waals surface area (Å²) in [4.78, 5) is 12.9. The Hall–Kier alpha value is -1.77. The van der Waals surface area contributed by atoms with Crippen LogP contribution in [0, 0.1) is 11.3 Å². The molecule has 130 valence electrons. The van der Waals surface area contributed by atoms with E-state index in [1.807, 2.05) is 12.1 Å². The van der Waals surface area contributed by atoms with Crippen LogP contribution in [0.25, 0.3) is 0 Å². The van der Waals surface area contributed by atoms with Gasteiger partial charge < -0.3 is 9.84 Å². The summed E-state index contributed by atoms with van der Waals surface area (Å²) in [5.74, 6) is 0.504. The Morgan fingerprint density at radius 1 is 1.42 bits per heavy atom. The lowest BCUT2D eigenvalue weighted by atomic mass is 9.50. The van der Waals surface area contributed by atoms with Crippen molar-refractivity contribution in [3.05, 3.63) is 42.0 Å². The van der Waals surface area contributed by atoms with E-state index < -0.39 is 5.41 Å². The Balaban J connectivity index is 1.94. The molecule has 1 fully saturated rings. The number of phenols is 1. The summed E-state index contributed by atoms with van der Waals surface area (Å²) < 4.78 is 5.57. The van der Waals surface area contributed by atoms with Gasteiger partial charge in [-0.2, -0.15) is 0 Å². The topological polar surface area (TPSA) is 46.5 Å². The molecule has 0 heterocycles. The number of carbonyl (C=O) groups is 1. The molecule has 2 aliphatic carbocycles. The van der Waals surface area contributed by atoms with Crippen molar-refractivity contribution in [1.82, 2.24) is 0 Å². The fourth-order valence-electron chi connectivity index (χ4n) is 5.09. The third-order valence-electron chi connectivity index (χ3n) is 6.36. The maximum atomic E-state index is 12.9. The van der Waals surface area contributed by atoms with Crippen LogP contribution in [-0.2, 0) is 21.4 Å². The highest BCUT2D eigenvalue weighted by Crippen LogP contribution is 2.57. The minimum absolute atomic E-state index is 0.0659. The average Bonchev–Trinajstić information content (AvgIpc) is 2.55. The molecule has 3 atom stereocenters. The lowest BCUT2D eigenvalue weighted by Crippen LogP contribution is -2.52. The lowest BCUT2D eigenvalue weighted by Gasteiger charge is -2.54. The van der Waals surface area contributed by atoms with Gasteiger partial charge in [0.2, 0.25) is 0 Å². The summed E-state index contributed by atoms with van der Waals surface area (Å²) >= 11 is 0. The van der Waals surface area contributed by atoms with Gasteiger partial charge in [-0.25, -0.2) is 0 Å². The van der Waals surface area contributed by atoms with Gasteiger partial charge in [0.25, 0.3) is 0 Å². The molecule has 1 aromatic rings. The van der Waals surface area contributed by atoms with E-state index in [0.29, 0.717) is 18.8 Å². The van der Waals surface area contributed by atoms with Crippen LogP contribution in [0.15, 0.2) is 30.9 Å². The van der Waals surface area contributed by atoms with Crippen molar-refractivity contribution in [2.24, 2.45) is 11.3 Å². The molecule has 0 spiro atoms. The Kier molecular flexibility index (Phi) is 4.46. The van der Waals surface area contributed by atoms with Crippen LogP contribution in [0.2, 0.25) is 0 Å². The lowest BCUT2D eigenvalue weighted by molar-refractivity contribution is -0.164. The molecule has 3 heteroatoms. The largest absolute Gasteiger partial charge is 0.508 e. The maximum Gasteiger partial charge on any atom is 0.312 e. The monoisotopic (exact) mass is 328 g/mol. The zero-order valence-electron chi connectivity index (χ0n) is 14.8. The first-order valence-corrected chi connectivity index (χ1v) is 9.02. The van der Waals surface area contributed by atoms with E-state index in [9.17, 15) is 9.90 Å². The van der Waals surface area contributed by atoms with E-state index >= 15 is 0 Å². The standard InChI is InChI=1S/C21H28O3/c1-4-5-13-24-19(23)21(3)12-6-11-20(2)17-14-16(22)9-7-15(17)8-10-18(20)21/h4,7,9,14,18,22H,1,5-6,8,10-13H2,2-3H3/t18-,20-,21+/m1/s1. The number of phenolic OH excluding ortho intramolecular Hbond substituents is 1. The van der Waals surface area contributed by atoms with Crippen LogP contribution < -0.4 is 0 Å². The zero-order valence-corrected chi connectivity index (χ0v) is 14.8. The fraction of sp³-hybridized carbons (Fsp3) is 0.571. The van der Waals surface area contributed by atoms with E-state index in [2.05, 4.69) is 20.4 Å². The van der Waals surface area contributed by atoms with Crippen LogP contribution >= 0.6 is 0 Å². The zero-order chi connectivity index (χ0) is 17.4. The first kappa shape index (κ1) is 17.1. The van der Waals surface area contributed by atoms with Crippen molar-refractivity contribution in [1.29, 1.82) is 0 Å². The number of esters is 1. The molecular formula is C21H28O3. The van der Waals surface area contributed by atoms with Crippen molar-refractivity contribution >= 4 is 5.97 Å². The van der Waals surface area contributed by atoms with Crippen LogP contribution in [0.3, 0.4) is 0 Å². The van der Waals surface area contributed by atoms with E-state index in [1.165, 1.54) is 11.1 Å². The Morgan fingerprint density at radius 2 is 2.21 bits per heavy atom. The molecule has 0 aliphatic heterocycles. The van der Waals surface area contributed by atoms with Crippen molar-refractivity contribution < 1.29 is 14.6 Å². The third kappa shape index (κ3) is 2.64. The Labute approximate surface area is 144 Å². The molecule has 0 unspecified atom stereocenters. The highest BCUT2D eigenvalue weighted by atomic mass is 16.5. The van der Waals surface area contributed by atoms with Gasteiger partial charge in [-0.1, -0.05) is 25.5 Å². The second-order valence-corrected chi connectivity index (χ2v) is 7.83. The van der Waals surface area contributed by atoms with E-state index in [-0.39, 0.29) is 17.3 Å². The molecule has 24 heavy (non-hydrogen) atoms. The van der Waals surface area contributed by atoms with Crippen molar-refractivity contribution in [3.8, 4) is 5.75 Å². The van der Waals surface area contributed by atoms with Crippen LogP contribution in [0.5, 0.6) is 5.75 Å². The summed E-state index contributed by atoms with van der Waals surface area (Å²) in [6.07, 6.45) is 7.39. The number of carbonyl (C=O) groups excluding carboxylic acids is 1. The normalized spacial score (nSPS) is 31.7. The molecule has 3 rings (SSSR count). The molecule has 1 saturated carbocycles. The summed E-state index contributed by atoms with van der Waals surface area (Å²) in [6, 6.07) is 5.73. The van der Waals surface area contributed by atoms with Gasteiger partial charge in [-0.15, -0.1) is 6.58 Å². The number of rotatable bonds is 4. The van der Waals surface area contributed by atoms with Gasteiger partial charge in [0.1, 0.15) is 5.75 Å². The number of hydrogen-bond acceptors (Lipinski definition) is 3. The second-order valence-electron chi connectivity index (χ2n) is 7.83. The minimum atomic E-state index is -0.447. The first-order valence-electron chi connectivity index (χ1n) is 9.02. The number of aryl methyl sites for hydroxylation is 1. The molecule has 1 aromatic carbocycles. The molecule has 0 radical (unpaired) electrons. The third-order valence-corrected chi connectivity index (χ3v) is 6.36. The predicted molar refractivity (Wildman–Crippen MR) is 95.0 cm³/mol. The summed E-state index contributed by atoms with van der Waals surface area (Å²) in [5, 5.41) is 9.97. The highest BCUT2D eigenvalue weighted by molar-refractivity contribution is 5.77. The van der Waals surface area contributed by atoms with Crippen LogP contribution in [-0.4, -0.2) is 17.7 Å². The second kappa shape index (κ2) is 6.27. The first-order chi connectivity index (χ1) is 11.4. The molecular weight excluding hydrogens is 300 g/mol. The molecule has 0 saturated heterocycles. The van der Waals surface area contributed by atoms with Crippen LogP contribution in [0.4, 0.5) is 0 Å². The van der Waals surface area contributed by atoms with Crippen molar-refractivity contribution in [2.75, 3.05) is 6.61 Å². The SMILES string of the molecule is C=CCCOC(=O)[C@@]1(C)CCC[C@]2(C)c3cc(O)ccc3CC[C@@H]12. The number of fused-ring (bicyclic) bond motifs is 3. The summed E-state index contributed by atoms with van der Waals surface area (Å²) in [5.41, 5.74) is 2.02. The van der Waals surface area contributed by atoms with Crippen LogP contribution in [0.1, 0.15) is 57.1 Å². The van der Waals surface area contributed by atoms with E-state index in [4.69, 9.17) is 4.74 Å². The number of aromatic hydroxyl groups is 1. The number of benzene rings is 1. The smallest absolute Gasteiger partial charge is 0.312 e. The maximum absolute atomic E-state index is 12.9. The molecule has 2 aliphatic rings. The van der Waals surface area contributed by atoms with Gasteiger partial charge in [-0.05, 0) is 73.6 Å². The van der Waals surface area contributed by atoms with Gasteiger partial charge in [0, 0.05) is 0 Å². The van der Waals surface area contributed by atoms with Crippen molar-refractivity contribution in [2.45, 2.75) is 57.8 Å². The molecule has 1 N–H and O–H groups in total. The Bertz CT molecular complexity index is 650. The quantitative estimate of drug-likeness (QED) is 0.502. The molecule has 0 bridgehead atoms. The average molecular weight is 328 g/mol. The molecule has 0 aromatic heterocycles. The van der Waals surface area contributed by atoms with Crippen molar-refractivity contribution in [3.63, 3.8) is 0 Å². The van der Waals surface area contributed by atoms with Gasteiger partial charge >= 0.3 is 5.97 Å². The Morgan fingerprint density at radius 3 is 2.96 bits per heavy atom. The summed E-state index contributed by atoms with van der Waals surface area (Å²) in [6.45, 7) is 8.45. The van der Waals surface area contributed by atoms with Gasteiger partial charge in [0.15, 0.2) is 0 Å². The van der Waals surface area contributed by atoms with E-state index in [1.54, 1.807) is 12.1 Å². The minimum Gasteiger partial charge on any atom is -0.508 e. The number of ether oxygens (including phenoxy) is 1. The van der Waals surface area contributed by atoms with Gasteiger partial charge in [-0.3, -0.25) is 4.79 Å². The fourth-order valence-corrected chi connectivity index (χ4v) is 5.09. The summed E-state index contributed by atoms with van der Waals surface area (Å²) in [7, 11) is 0. The highest BCUT2D eigenvalue weighted by Gasteiger charge is 2.55. The van der Waals surface area contributed by atoms with Gasteiger partial charge in [0.05, 0.1) is 12.0 Å². The predicted octanol–water partition coefficient (Wildman–Crippen LogP) is 4.52. The number of hydrogen-bond donors (Lipinski definition) is 1.